The number of pyridine rings is 1. The van der Waals surface area contributed by atoms with E-state index in [9.17, 15) is 0 Å². The van der Waals surface area contributed by atoms with Crippen LogP contribution in [0.1, 0.15) is 26.0 Å². The number of nitriles is 1. The quantitative estimate of drug-likeness (QED) is 0.886. The van der Waals surface area contributed by atoms with Crippen molar-refractivity contribution in [2.45, 2.75) is 26.3 Å². The smallest absolute Gasteiger partial charge is 0.165 e. The second-order valence-electron chi connectivity index (χ2n) is 4.83. The fourth-order valence-electron chi connectivity index (χ4n) is 2.71. The Morgan fingerprint density at radius 2 is 2.21 bits per heavy atom. The standard InChI is InChI=1S/C14H21N5/c1-3-18(4-2)11-7-8-19(10-11)14-6-5-12(16)13(9-15)17-14/h5-6,11H,3-4,7-8,10,16H2,1-2H3. The van der Waals surface area contributed by atoms with E-state index >= 15 is 0 Å². The third kappa shape index (κ3) is 2.79. The Morgan fingerprint density at radius 3 is 2.84 bits per heavy atom. The summed E-state index contributed by atoms with van der Waals surface area (Å²) in [6, 6.07) is 6.30. The Morgan fingerprint density at radius 1 is 1.47 bits per heavy atom. The summed E-state index contributed by atoms with van der Waals surface area (Å²) in [5.41, 5.74) is 6.48. The van der Waals surface area contributed by atoms with E-state index in [0.717, 1.165) is 38.4 Å². The van der Waals surface area contributed by atoms with E-state index in [1.54, 1.807) is 6.07 Å². The number of likely N-dealkylation sites (N-methyl/N-ethyl adjacent to an activating group) is 1. The molecular weight excluding hydrogens is 238 g/mol. The first-order valence-corrected chi connectivity index (χ1v) is 6.85. The third-order valence-electron chi connectivity index (χ3n) is 3.83. The number of nitrogen functional groups attached to an aromatic ring is 1. The Bertz CT molecular complexity index is 475. The van der Waals surface area contributed by atoms with Crippen LogP contribution in [0.25, 0.3) is 0 Å². The number of anilines is 2. The van der Waals surface area contributed by atoms with Gasteiger partial charge < -0.3 is 10.6 Å². The summed E-state index contributed by atoms with van der Waals surface area (Å²) in [4.78, 5) is 9.05. The maximum atomic E-state index is 8.98. The molecule has 5 nitrogen and oxygen atoms in total. The third-order valence-corrected chi connectivity index (χ3v) is 3.83. The van der Waals surface area contributed by atoms with Crippen LogP contribution in [0.4, 0.5) is 11.5 Å². The normalized spacial score (nSPS) is 18.8. The highest BCUT2D eigenvalue weighted by atomic mass is 15.3. The molecule has 1 aliphatic rings. The van der Waals surface area contributed by atoms with Crippen LogP contribution in [0.2, 0.25) is 0 Å². The van der Waals surface area contributed by atoms with Gasteiger partial charge in [0.25, 0.3) is 0 Å². The second-order valence-corrected chi connectivity index (χ2v) is 4.83. The average molecular weight is 259 g/mol. The minimum absolute atomic E-state index is 0.323. The zero-order valence-electron chi connectivity index (χ0n) is 11.6. The molecule has 1 saturated heterocycles. The molecule has 0 saturated carbocycles. The Kier molecular flexibility index (Phi) is 4.23. The highest BCUT2D eigenvalue weighted by Gasteiger charge is 2.27. The average Bonchev–Trinajstić information content (AvgIpc) is 2.90. The van der Waals surface area contributed by atoms with Crippen LogP contribution >= 0.6 is 0 Å². The zero-order chi connectivity index (χ0) is 13.8. The zero-order valence-corrected chi connectivity index (χ0v) is 11.6. The van der Waals surface area contributed by atoms with Gasteiger partial charge in [-0.25, -0.2) is 4.98 Å². The minimum atomic E-state index is 0.323. The molecule has 0 spiro atoms. The number of hydrogen-bond donors (Lipinski definition) is 1. The van der Waals surface area contributed by atoms with Crippen LogP contribution in [0.15, 0.2) is 12.1 Å². The Balaban J connectivity index is 2.11. The number of hydrogen-bond acceptors (Lipinski definition) is 5. The van der Waals surface area contributed by atoms with Gasteiger partial charge in [0, 0.05) is 19.1 Å². The fourth-order valence-corrected chi connectivity index (χ4v) is 2.71. The van der Waals surface area contributed by atoms with Crippen molar-refractivity contribution >= 4 is 11.5 Å². The van der Waals surface area contributed by atoms with Gasteiger partial charge in [-0.05, 0) is 31.6 Å². The molecule has 0 bridgehead atoms. The van der Waals surface area contributed by atoms with Crippen LogP contribution in [0, 0.1) is 11.3 Å². The molecule has 1 fully saturated rings. The number of nitrogens with zero attached hydrogens (tertiary/aromatic N) is 4. The predicted molar refractivity (Wildman–Crippen MR) is 76.9 cm³/mol. The lowest BCUT2D eigenvalue weighted by atomic mass is 10.2. The molecule has 19 heavy (non-hydrogen) atoms. The van der Waals surface area contributed by atoms with E-state index in [1.807, 2.05) is 12.1 Å². The molecule has 1 unspecified atom stereocenters. The van der Waals surface area contributed by atoms with Gasteiger partial charge in [-0.15, -0.1) is 0 Å². The van der Waals surface area contributed by atoms with E-state index in [4.69, 9.17) is 11.0 Å². The molecule has 5 heteroatoms. The summed E-state index contributed by atoms with van der Waals surface area (Å²) in [5, 5.41) is 8.98. The van der Waals surface area contributed by atoms with Crippen molar-refractivity contribution in [1.82, 2.24) is 9.88 Å². The van der Waals surface area contributed by atoms with E-state index in [1.165, 1.54) is 0 Å². The van der Waals surface area contributed by atoms with Crippen LogP contribution in [0.3, 0.4) is 0 Å². The highest BCUT2D eigenvalue weighted by Crippen LogP contribution is 2.23. The fraction of sp³-hybridized carbons (Fsp3) is 0.571. The molecule has 2 N–H and O–H groups in total. The van der Waals surface area contributed by atoms with E-state index in [0.29, 0.717) is 17.4 Å². The SMILES string of the molecule is CCN(CC)C1CCN(c2ccc(N)c(C#N)n2)C1. The number of aromatic nitrogens is 1. The number of nitrogens with two attached hydrogens (primary N) is 1. The molecular formula is C14H21N5. The topological polar surface area (TPSA) is 69.2 Å². The van der Waals surface area contributed by atoms with Crippen LogP contribution < -0.4 is 10.6 Å². The summed E-state index contributed by atoms with van der Waals surface area (Å²) in [6.45, 7) is 8.51. The molecule has 1 aromatic heterocycles. The maximum absolute atomic E-state index is 8.98. The first kappa shape index (κ1) is 13.6. The lowest BCUT2D eigenvalue weighted by molar-refractivity contribution is 0.232. The van der Waals surface area contributed by atoms with Crippen LogP contribution in [-0.2, 0) is 0 Å². The van der Waals surface area contributed by atoms with Crippen molar-refractivity contribution in [3.05, 3.63) is 17.8 Å². The Hall–Kier alpha value is -1.80. The van der Waals surface area contributed by atoms with Gasteiger partial charge in [-0.3, -0.25) is 4.90 Å². The van der Waals surface area contributed by atoms with Crippen molar-refractivity contribution in [3.8, 4) is 6.07 Å². The van der Waals surface area contributed by atoms with Gasteiger partial charge in [0.05, 0.1) is 5.69 Å². The minimum Gasteiger partial charge on any atom is -0.396 e. The lowest BCUT2D eigenvalue weighted by Crippen LogP contribution is -2.37. The maximum Gasteiger partial charge on any atom is 0.165 e. The predicted octanol–water partition coefficient (Wildman–Crippen LogP) is 1.46. The van der Waals surface area contributed by atoms with Crippen molar-refractivity contribution in [1.29, 1.82) is 5.26 Å². The molecule has 102 valence electrons. The van der Waals surface area contributed by atoms with Gasteiger partial charge in [-0.2, -0.15) is 5.26 Å². The molecule has 1 aliphatic heterocycles. The van der Waals surface area contributed by atoms with E-state index < -0.39 is 0 Å². The summed E-state index contributed by atoms with van der Waals surface area (Å²) < 4.78 is 0. The van der Waals surface area contributed by atoms with Crippen molar-refractivity contribution in [2.24, 2.45) is 0 Å². The molecule has 0 aliphatic carbocycles. The van der Waals surface area contributed by atoms with Gasteiger partial charge in [0.1, 0.15) is 11.9 Å². The first-order chi connectivity index (χ1) is 9.19. The van der Waals surface area contributed by atoms with Crippen molar-refractivity contribution in [2.75, 3.05) is 36.8 Å². The largest absolute Gasteiger partial charge is 0.396 e. The second kappa shape index (κ2) is 5.89. The van der Waals surface area contributed by atoms with E-state index in [2.05, 4.69) is 28.6 Å². The highest BCUT2D eigenvalue weighted by molar-refractivity contribution is 5.55. The molecule has 2 rings (SSSR count). The van der Waals surface area contributed by atoms with Gasteiger partial charge in [-0.1, -0.05) is 13.8 Å². The monoisotopic (exact) mass is 259 g/mol. The van der Waals surface area contributed by atoms with Crippen LogP contribution in [0.5, 0.6) is 0 Å². The molecule has 1 aromatic rings. The van der Waals surface area contributed by atoms with Crippen molar-refractivity contribution < 1.29 is 0 Å². The first-order valence-electron chi connectivity index (χ1n) is 6.85. The van der Waals surface area contributed by atoms with Gasteiger partial charge in [0.2, 0.25) is 0 Å². The summed E-state index contributed by atoms with van der Waals surface area (Å²) in [6.07, 6.45) is 1.15. The summed E-state index contributed by atoms with van der Waals surface area (Å²) >= 11 is 0. The van der Waals surface area contributed by atoms with Gasteiger partial charge >= 0.3 is 0 Å². The molecule has 2 heterocycles. The molecule has 1 atom stereocenters. The summed E-state index contributed by atoms with van der Waals surface area (Å²) in [7, 11) is 0. The van der Waals surface area contributed by atoms with Crippen LogP contribution in [-0.4, -0.2) is 42.1 Å². The van der Waals surface area contributed by atoms with E-state index in [-0.39, 0.29) is 0 Å². The van der Waals surface area contributed by atoms with Crippen molar-refractivity contribution in [3.63, 3.8) is 0 Å². The lowest BCUT2D eigenvalue weighted by Gasteiger charge is -2.26. The van der Waals surface area contributed by atoms with Gasteiger partial charge in [0.15, 0.2) is 5.69 Å². The summed E-state index contributed by atoms with van der Waals surface area (Å²) in [5.74, 6) is 0.861. The Labute approximate surface area is 114 Å². The molecule has 0 aromatic carbocycles. The molecule has 0 radical (unpaired) electrons. The number of rotatable bonds is 4. The molecule has 0 amide bonds.